The van der Waals surface area contributed by atoms with Crippen LogP contribution in [0, 0.1) is 6.92 Å². The second-order valence-electron chi connectivity index (χ2n) is 7.82. The second kappa shape index (κ2) is 8.73. The van der Waals surface area contributed by atoms with Crippen molar-refractivity contribution in [3.05, 3.63) is 59.5 Å². The smallest absolute Gasteiger partial charge is 0.252 e. The van der Waals surface area contributed by atoms with Gasteiger partial charge in [0, 0.05) is 38.5 Å². The van der Waals surface area contributed by atoms with Crippen molar-refractivity contribution in [1.29, 1.82) is 0 Å². The van der Waals surface area contributed by atoms with Crippen LogP contribution in [-0.4, -0.2) is 66.2 Å². The molecule has 4 rings (SSSR count). The highest BCUT2D eigenvalue weighted by Gasteiger charge is 2.30. The van der Waals surface area contributed by atoms with E-state index in [-0.39, 0.29) is 11.7 Å². The number of hydrogen-bond donors (Lipinski definition) is 0. The molecule has 29 heavy (non-hydrogen) atoms. The van der Waals surface area contributed by atoms with Crippen molar-refractivity contribution in [2.45, 2.75) is 26.1 Å². The Bertz CT molecular complexity index is 869. The summed E-state index contributed by atoms with van der Waals surface area (Å²) >= 11 is 0. The van der Waals surface area contributed by atoms with Gasteiger partial charge in [-0.15, -0.1) is 0 Å². The Morgan fingerprint density at radius 3 is 2.69 bits per heavy atom. The van der Waals surface area contributed by atoms with Crippen molar-refractivity contribution in [2.75, 3.05) is 39.8 Å². The number of piperazine rings is 1. The number of carbonyl (C=O) groups is 1. The zero-order chi connectivity index (χ0) is 20.4. The van der Waals surface area contributed by atoms with Gasteiger partial charge in [-0.1, -0.05) is 27.6 Å². The van der Waals surface area contributed by atoms with E-state index in [0.717, 1.165) is 54.1 Å². The minimum atomic E-state index is 0.0729. The molecular formula is C23H30N3O2P. The fourth-order valence-corrected chi connectivity index (χ4v) is 5.59. The lowest BCUT2D eigenvalue weighted by molar-refractivity contribution is -0.123. The highest BCUT2D eigenvalue weighted by Crippen LogP contribution is 2.45. The predicted octanol–water partition coefficient (Wildman–Crippen LogP) is 3.63. The summed E-state index contributed by atoms with van der Waals surface area (Å²) in [6.45, 7) is 9.69. The van der Waals surface area contributed by atoms with Crippen molar-refractivity contribution in [2.24, 2.45) is 0 Å². The van der Waals surface area contributed by atoms with Crippen LogP contribution >= 0.6 is 8.58 Å². The van der Waals surface area contributed by atoms with E-state index >= 15 is 0 Å². The van der Waals surface area contributed by atoms with Gasteiger partial charge in [0.25, 0.3) is 5.91 Å². The minimum absolute atomic E-state index is 0.0729. The van der Waals surface area contributed by atoms with Crippen molar-refractivity contribution >= 4 is 19.8 Å². The Labute approximate surface area is 175 Å². The number of nitrogens with zero attached hydrogens (tertiary/aromatic N) is 3. The molecule has 3 aliphatic rings. The summed E-state index contributed by atoms with van der Waals surface area (Å²) in [4.78, 5) is 19.7. The lowest BCUT2D eigenvalue weighted by Crippen LogP contribution is -2.47. The van der Waals surface area contributed by atoms with Crippen LogP contribution in [0.15, 0.2) is 48.3 Å². The average Bonchev–Trinajstić information content (AvgIpc) is 2.74. The lowest BCUT2D eigenvalue weighted by atomic mass is 10.1. The molecular weight excluding hydrogens is 381 g/mol. The summed E-state index contributed by atoms with van der Waals surface area (Å²) in [5, 5.41) is 1.12. The monoisotopic (exact) mass is 411 g/mol. The van der Waals surface area contributed by atoms with Crippen LogP contribution < -0.4 is 4.74 Å². The summed E-state index contributed by atoms with van der Waals surface area (Å²) in [5.74, 6) is 1.07. The molecule has 0 spiro atoms. The number of allylic oxidation sites excluding steroid dienone is 1. The molecule has 0 saturated carbocycles. The van der Waals surface area contributed by atoms with Gasteiger partial charge in [-0.3, -0.25) is 9.69 Å². The van der Waals surface area contributed by atoms with E-state index in [2.05, 4.69) is 47.2 Å². The zero-order valence-electron chi connectivity index (χ0n) is 17.5. The molecule has 2 atom stereocenters. The molecule has 3 heterocycles. The average molecular weight is 411 g/mol. The maximum atomic E-state index is 12.9. The number of hydrogen-bond acceptors (Lipinski definition) is 4. The van der Waals surface area contributed by atoms with Crippen LogP contribution in [0.25, 0.3) is 5.31 Å². The van der Waals surface area contributed by atoms with E-state index in [1.54, 1.807) is 7.11 Å². The van der Waals surface area contributed by atoms with Crippen LogP contribution in [0.3, 0.4) is 0 Å². The molecule has 0 N–H and O–H groups in total. The molecule has 1 saturated heterocycles. The summed E-state index contributed by atoms with van der Waals surface area (Å²) in [6.07, 6.45) is 9.48. The largest absolute Gasteiger partial charge is 0.496 e. The van der Waals surface area contributed by atoms with Crippen LogP contribution in [0.5, 0.6) is 5.75 Å². The number of amides is 1. The zero-order valence-corrected chi connectivity index (χ0v) is 18.5. The van der Waals surface area contributed by atoms with E-state index < -0.39 is 0 Å². The molecule has 3 aliphatic heterocycles. The number of ether oxygens (including phenoxy) is 1. The van der Waals surface area contributed by atoms with Crippen LogP contribution in [0.4, 0.5) is 0 Å². The number of fused-ring (bicyclic) bond motifs is 1. The van der Waals surface area contributed by atoms with Crippen molar-refractivity contribution < 1.29 is 9.53 Å². The number of rotatable bonds is 5. The fraction of sp³-hybridized carbons (Fsp3) is 0.435. The first-order valence-electron chi connectivity index (χ1n) is 10.4. The number of benzene rings is 1. The molecule has 1 aromatic carbocycles. The third-order valence-corrected chi connectivity index (χ3v) is 7.34. The third-order valence-electron chi connectivity index (χ3n) is 5.83. The molecule has 1 aromatic rings. The summed E-state index contributed by atoms with van der Waals surface area (Å²) in [5.41, 5.74) is 3.37. The number of carbonyl (C=O) groups excluding carboxylic acids is 1. The number of aryl methyl sites for hydroxylation is 1. The molecule has 1 amide bonds. The molecule has 2 unspecified atom stereocenters. The highest BCUT2D eigenvalue weighted by molar-refractivity contribution is 7.51. The first-order valence-corrected chi connectivity index (χ1v) is 11.5. The number of methoxy groups -OCH3 is 1. The van der Waals surface area contributed by atoms with Crippen molar-refractivity contribution in [1.82, 2.24) is 14.7 Å². The van der Waals surface area contributed by atoms with E-state index in [1.807, 2.05) is 24.0 Å². The first kappa shape index (κ1) is 20.2. The van der Waals surface area contributed by atoms with E-state index in [1.165, 1.54) is 13.0 Å². The van der Waals surface area contributed by atoms with Gasteiger partial charge in [-0.25, -0.2) is 0 Å². The summed E-state index contributed by atoms with van der Waals surface area (Å²) < 4.78 is 5.36. The van der Waals surface area contributed by atoms with Gasteiger partial charge in [-0.05, 0) is 54.5 Å². The maximum Gasteiger partial charge on any atom is 0.252 e. The standard InChI is InChI=1S/C23H30N3O2P/c1-4-9-24-10-12-25(13-11-24)19-6-8-23-26(16-19)22(27)15-21(29-23)18-5-7-20(28-3)17(2)14-18/h5-8,14-16,23,29H,4,9-13H2,1-3H3. The van der Waals surface area contributed by atoms with E-state index in [0.29, 0.717) is 8.58 Å². The van der Waals surface area contributed by atoms with Gasteiger partial charge in [0.05, 0.1) is 18.6 Å². The Kier molecular flexibility index (Phi) is 6.07. The van der Waals surface area contributed by atoms with Crippen LogP contribution in [0.1, 0.15) is 24.5 Å². The third kappa shape index (κ3) is 4.26. The highest BCUT2D eigenvalue weighted by atomic mass is 31.1. The molecule has 0 radical (unpaired) electrons. The Morgan fingerprint density at radius 1 is 1.21 bits per heavy atom. The molecule has 5 nitrogen and oxygen atoms in total. The molecule has 154 valence electrons. The van der Waals surface area contributed by atoms with E-state index in [4.69, 9.17) is 4.74 Å². The summed E-state index contributed by atoms with van der Waals surface area (Å²) in [6, 6.07) is 6.15. The fourth-order valence-electron chi connectivity index (χ4n) is 4.21. The molecule has 1 fully saturated rings. The van der Waals surface area contributed by atoms with Crippen molar-refractivity contribution in [3.63, 3.8) is 0 Å². The minimum Gasteiger partial charge on any atom is -0.496 e. The maximum absolute atomic E-state index is 12.9. The van der Waals surface area contributed by atoms with Gasteiger partial charge in [-0.2, -0.15) is 0 Å². The van der Waals surface area contributed by atoms with Gasteiger partial charge in [0.2, 0.25) is 0 Å². The van der Waals surface area contributed by atoms with Gasteiger partial charge in [0.15, 0.2) is 0 Å². The Balaban J connectivity index is 1.48. The van der Waals surface area contributed by atoms with Crippen LogP contribution in [-0.2, 0) is 4.79 Å². The quantitative estimate of drug-likeness (QED) is 0.694. The lowest BCUT2D eigenvalue weighted by Gasteiger charge is -2.40. The topological polar surface area (TPSA) is 36.0 Å². The Hall–Kier alpha value is -2.10. The van der Waals surface area contributed by atoms with Gasteiger partial charge < -0.3 is 14.5 Å². The molecule has 0 aliphatic carbocycles. The summed E-state index contributed by atoms with van der Waals surface area (Å²) in [7, 11) is 2.23. The molecule has 0 aromatic heterocycles. The molecule has 0 bridgehead atoms. The SMILES string of the molecule is CCCN1CCN(C2=CN3C(=O)C=C(c4ccc(OC)c(C)c4)PC3C=C2)CC1. The predicted molar refractivity (Wildman–Crippen MR) is 120 cm³/mol. The van der Waals surface area contributed by atoms with Gasteiger partial charge >= 0.3 is 0 Å². The van der Waals surface area contributed by atoms with Crippen LogP contribution in [0.2, 0.25) is 0 Å². The van der Waals surface area contributed by atoms with Crippen molar-refractivity contribution in [3.8, 4) is 5.75 Å². The first-order chi connectivity index (χ1) is 14.1. The normalized spacial score (nSPS) is 23.1. The Morgan fingerprint density at radius 2 is 2.00 bits per heavy atom. The van der Waals surface area contributed by atoms with E-state index in [9.17, 15) is 4.79 Å². The van der Waals surface area contributed by atoms with Gasteiger partial charge in [0.1, 0.15) is 5.75 Å². The second-order valence-corrected chi connectivity index (χ2v) is 9.24. The molecule has 6 heteroatoms.